The number of carboxylic acids is 1. The molecule has 1 fully saturated rings. The van der Waals surface area contributed by atoms with Crippen molar-refractivity contribution in [2.75, 3.05) is 6.54 Å². The molecule has 0 spiro atoms. The molecule has 2 atom stereocenters. The van der Waals surface area contributed by atoms with Crippen molar-refractivity contribution in [3.63, 3.8) is 0 Å². The van der Waals surface area contributed by atoms with Crippen LogP contribution in [0.2, 0.25) is 0 Å². The highest BCUT2D eigenvalue weighted by Gasteiger charge is 2.30. The molecule has 1 saturated heterocycles. The summed E-state index contributed by atoms with van der Waals surface area (Å²) in [4.78, 5) is 22.4. The molecule has 0 aromatic carbocycles. The minimum Gasteiger partial charge on any atom is -0.479 e. The SMILES string of the molecule is O=C(NCC1CCC(C(=O)O)O1)c1ccoc1Br. The van der Waals surface area contributed by atoms with Gasteiger partial charge in [-0.05, 0) is 34.8 Å². The van der Waals surface area contributed by atoms with Crippen molar-refractivity contribution in [1.82, 2.24) is 5.32 Å². The molecule has 7 heteroatoms. The Bertz CT molecular complexity index is 458. The fourth-order valence-corrected chi connectivity index (χ4v) is 2.22. The van der Waals surface area contributed by atoms with Crippen LogP contribution in [0, 0.1) is 0 Å². The number of furan rings is 1. The first kappa shape index (κ1) is 13.1. The third-order valence-electron chi connectivity index (χ3n) is 2.74. The Kier molecular flexibility index (Phi) is 4.03. The second-order valence-corrected chi connectivity index (χ2v) is 4.70. The number of carbonyl (C=O) groups is 2. The van der Waals surface area contributed by atoms with Crippen LogP contribution < -0.4 is 5.32 Å². The molecule has 1 aromatic rings. The zero-order chi connectivity index (χ0) is 13.1. The van der Waals surface area contributed by atoms with Crippen molar-refractivity contribution in [3.05, 3.63) is 22.6 Å². The van der Waals surface area contributed by atoms with E-state index in [0.717, 1.165) is 0 Å². The number of nitrogens with one attached hydrogen (secondary N) is 1. The Hall–Kier alpha value is -1.34. The normalized spacial score (nSPS) is 22.9. The number of halogens is 1. The fourth-order valence-electron chi connectivity index (χ4n) is 1.80. The summed E-state index contributed by atoms with van der Waals surface area (Å²) in [5.41, 5.74) is 0.405. The first-order valence-corrected chi connectivity index (χ1v) is 6.26. The molecule has 1 aliphatic heterocycles. The Balaban J connectivity index is 1.81. The van der Waals surface area contributed by atoms with Gasteiger partial charge in [-0.3, -0.25) is 4.79 Å². The standard InChI is InChI=1S/C11H12BrNO5/c12-9-7(3-4-17-9)10(14)13-5-6-1-2-8(18-6)11(15)16/h3-4,6,8H,1-2,5H2,(H,13,14)(H,15,16). The van der Waals surface area contributed by atoms with Gasteiger partial charge in [0.05, 0.1) is 17.9 Å². The summed E-state index contributed by atoms with van der Waals surface area (Å²) in [6, 6.07) is 1.55. The van der Waals surface area contributed by atoms with Crippen molar-refractivity contribution in [1.29, 1.82) is 0 Å². The van der Waals surface area contributed by atoms with Gasteiger partial charge in [0.1, 0.15) is 0 Å². The molecule has 1 amide bonds. The Morgan fingerprint density at radius 1 is 1.50 bits per heavy atom. The lowest BCUT2D eigenvalue weighted by Crippen LogP contribution is -2.33. The van der Waals surface area contributed by atoms with E-state index in [1.807, 2.05) is 0 Å². The van der Waals surface area contributed by atoms with Gasteiger partial charge in [-0.25, -0.2) is 4.79 Å². The van der Waals surface area contributed by atoms with Crippen molar-refractivity contribution in [2.45, 2.75) is 25.0 Å². The molecule has 98 valence electrons. The van der Waals surface area contributed by atoms with Crippen molar-refractivity contribution in [2.24, 2.45) is 0 Å². The number of ether oxygens (including phenoxy) is 1. The van der Waals surface area contributed by atoms with Crippen LogP contribution in [0.1, 0.15) is 23.2 Å². The number of carbonyl (C=O) groups excluding carboxylic acids is 1. The second-order valence-electron chi connectivity index (χ2n) is 3.98. The maximum atomic E-state index is 11.7. The van der Waals surface area contributed by atoms with Gasteiger partial charge in [0, 0.05) is 6.54 Å². The first-order chi connectivity index (χ1) is 8.58. The van der Waals surface area contributed by atoms with Gasteiger partial charge in [-0.1, -0.05) is 0 Å². The van der Waals surface area contributed by atoms with E-state index in [9.17, 15) is 9.59 Å². The molecule has 1 aromatic heterocycles. The zero-order valence-electron chi connectivity index (χ0n) is 9.39. The predicted molar refractivity (Wildman–Crippen MR) is 64.3 cm³/mol. The van der Waals surface area contributed by atoms with Gasteiger partial charge in [-0.15, -0.1) is 0 Å². The maximum absolute atomic E-state index is 11.7. The van der Waals surface area contributed by atoms with E-state index >= 15 is 0 Å². The van der Waals surface area contributed by atoms with Crippen LogP contribution in [0.25, 0.3) is 0 Å². The molecular weight excluding hydrogens is 306 g/mol. The largest absolute Gasteiger partial charge is 0.479 e. The third kappa shape index (κ3) is 2.91. The van der Waals surface area contributed by atoms with E-state index in [1.165, 1.54) is 6.26 Å². The molecule has 0 saturated carbocycles. The Morgan fingerprint density at radius 2 is 2.28 bits per heavy atom. The Labute approximate surface area is 111 Å². The molecule has 1 aliphatic rings. The van der Waals surface area contributed by atoms with E-state index in [2.05, 4.69) is 21.2 Å². The summed E-state index contributed by atoms with van der Waals surface area (Å²) in [6.07, 6.45) is 1.51. The summed E-state index contributed by atoms with van der Waals surface area (Å²) < 4.78 is 10.6. The average molecular weight is 318 g/mol. The zero-order valence-corrected chi connectivity index (χ0v) is 11.0. The van der Waals surface area contributed by atoms with Crippen LogP contribution in [0.15, 0.2) is 21.4 Å². The lowest BCUT2D eigenvalue weighted by Gasteiger charge is -2.11. The monoisotopic (exact) mass is 317 g/mol. The van der Waals surface area contributed by atoms with Crippen LogP contribution in [-0.4, -0.2) is 35.7 Å². The third-order valence-corrected chi connectivity index (χ3v) is 3.35. The summed E-state index contributed by atoms with van der Waals surface area (Å²) in [7, 11) is 0. The maximum Gasteiger partial charge on any atom is 0.332 e. The van der Waals surface area contributed by atoms with E-state index in [-0.39, 0.29) is 12.0 Å². The van der Waals surface area contributed by atoms with Gasteiger partial charge in [0.15, 0.2) is 10.8 Å². The van der Waals surface area contributed by atoms with Gasteiger partial charge < -0.3 is 19.6 Å². The van der Waals surface area contributed by atoms with Gasteiger partial charge in [0.25, 0.3) is 5.91 Å². The molecule has 18 heavy (non-hydrogen) atoms. The van der Waals surface area contributed by atoms with Crippen LogP contribution >= 0.6 is 15.9 Å². The van der Waals surface area contributed by atoms with Crippen LogP contribution in [-0.2, 0) is 9.53 Å². The predicted octanol–water partition coefficient (Wildman–Crippen LogP) is 1.40. The quantitative estimate of drug-likeness (QED) is 0.876. The van der Waals surface area contributed by atoms with E-state index in [4.69, 9.17) is 14.3 Å². The van der Waals surface area contributed by atoms with Gasteiger partial charge in [-0.2, -0.15) is 0 Å². The van der Waals surface area contributed by atoms with E-state index in [1.54, 1.807) is 6.07 Å². The van der Waals surface area contributed by atoms with Crippen LogP contribution in [0.3, 0.4) is 0 Å². The van der Waals surface area contributed by atoms with Gasteiger partial charge >= 0.3 is 5.97 Å². The smallest absolute Gasteiger partial charge is 0.332 e. The van der Waals surface area contributed by atoms with Crippen LogP contribution in [0.5, 0.6) is 0 Å². The highest BCUT2D eigenvalue weighted by atomic mass is 79.9. The van der Waals surface area contributed by atoms with E-state index < -0.39 is 12.1 Å². The second kappa shape index (κ2) is 5.53. The number of carboxylic acid groups (broad SMARTS) is 1. The molecule has 2 heterocycles. The summed E-state index contributed by atoms with van der Waals surface area (Å²) in [5, 5.41) is 11.4. The lowest BCUT2D eigenvalue weighted by molar-refractivity contribution is -0.149. The molecule has 0 bridgehead atoms. The highest BCUT2D eigenvalue weighted by molar-refractivity contribution is 9.10. The molecule has 0 radical (unpaired) electrons. The molecule has 2 N–H and O–H groups in total. The summed E-state index contributed by atoms with van der Waals surface area (Å²) in [6.45, 7) is 0.292. The van der Waals surface area contributed by atoms with Crippen molar-refractivity contribution < 1.29 is 23.8 Å². The molecular formula is C11H12BrNO5. The summed E-state index contributed by atoms with van der Waals surface area (Å²) >= 11 is 3.11. The van der Waals surface area contributed by atoms with Gasteiger partial charge in [0.2, 0.25) is 0 Å². The number of amides is 1. The molecule has 2 unspecified atom stereocenters. The molecule has 2 rings (SSSR count). The Morgan fingerprint density at radius 3 is 2.83 bits per heavy atom. The minimum absolute atomic E-state index is 0.249. The highest BCUT2D eigenvalue weighted by Crippen LogP contribution is 2.20. The number of hydrogen-bond acceptors (Lipinski definition) is 4. The molecule has 0 aliphatic carbocycles. The van der Waals surface area contributed by atoms with Crippen molar-refractivity contribution in [3.8, 4) is 0 Å². The van der Waals surface area contributed by atoms with Crippen molar-refractivity contribution >= 4 is 27.8 Å². The van der Waals surface area contributed by atoms with Crippen LogP contribution in [0.4, 0.5) is 0 Å². The minimum atomic E-state index is -0.957. The number of aliphatic carboxylic acids is 1. The topological polar surface area (TPSA) is 88.8 Å². The summed E-state index contributed by atoms with van der Waals surface area (Å²) in [5.74, 6) is -1.24. The number of hydrogen-bond donors (Lipinski definition) is 2. The first-order valence-electron chi connectivity index (χ1n) is 5.47. The van der Waals surface area contributed by atoms with E-state index in [0.29, 0.717) is 29.6 Å². The lowest BCUT2D eigenvalue weighted by atomic mass is 10.2. The fraction of sp³-hybridized carbons (Fsp3) is 0.455. The number of rotatable bonds is 4. The average Bonchev–Trinajstić information content (AvgIpc) is 2.94. The molecule has 6 nitrogen and oxygen atoms in total.